The van der Waals surface area contributed by atoms with Crippen molar-refractivity contribution in [2.45, 2.75) is 19.8 Å². The molecule has 1 atom stereocenters. The fourth-order valence-electron chi connectivity index (χ4n) is 3.06. The number of carbonyl (C=O) groups excluding carboxylic acids is 2. The quantitative estimate of drug-likeness (QED) is 0.825. The molecule has 0 bridgehead atoms. The van der Waals surface area contributed by atoms with Crippen LogP contribution in [0.1, 0.15) is 17.5 Å². The maximum Gasteiger partial charge on any atom is 0.229 e. The predicted molar refractivity (Wildman–Crippen MR) is 105 cm³/mol. The first-order valence-electron chi connectivity index (χ1n) is 8.52. The molecule has 0 spiro atoms. The van der Waals surface area contributed by atoms with Crippen LogP contribution in [-0.2, 0) is 16.0 Å². The molecule has 0 radical (unpaired) electrons. The van der Waals surface area contributed by atoms with Crippen LogP contribution in [0.15, 0.2) is 42.5 Å². The molecule has 1 aliphatic rings. The molecule has 136 valence electrons. The van der Waals surface area contributed by atoms with Gasteiger partial charge in [-0.25, -0.2) is 0 Å². The lowest BCUT2D eigenvalue weighted by Gasteiger charge is -2.17. The Morgan fingerprint density at radius 2 is 1.92 bits per heavy atom. The van der Waals surface area contributed by atoms with Crippen LogP contribution in [0.5, 0.6) is 0 Å². The zero-order valence-corrected chi connectivity index (χ0v) is 16.0. The van der Waals surface area contributed by atoms with Crippen LogP contribution in [0.25, 0.3) is 0 Å². The first-order chi connectivity index (χ1) is 12.4. The minimum Gasteiger partial charge on any atom is -0.342 e. The molecule has 1 saturated heterocycles. The van der Waals surface area contributed by atoms with Crippen LogP contribution in [0, 0.1) is 12.8 Å². The van der Waals surface area contributed by atoms with Crippen molar-refractivity contribution in [3.05, 3.63) is 63.6 Å². The summed E-state index contributed by atoms with van der Waals surface area (Å²) in [5.74, 6) is -0.467. The monoisotopic (exact) mass is 390 g/mol. The fraction of sp³-hybridized carbons (Fsp3) is 0.300. The molecule has 1 heterocycles. The number of likely N-dealkylation sites (tertiary alicyclic amines) is 1. The van der Waals surface area contributed by atoms with E-state index in [1.807, 2.05) is 37.3 Å². The molecule has 1 aliphatic heterocycles. The highest BCUT2D eigenvalue weighted by atomic mass is 35.5. The highest BCUT2D eigenvalue weighted by molar-refractivity contribution is 6.31. The Morgan fingerprint density at radius 3 is 2.65 bits per heavy atom. The van der Waals surface area contributed by atoms with Gasteiger partial charge in [-0.3, -0.25) is 9.59 Å². The molecule has 2 aromatic rings. The van der Waals surface area contributed by atoms with Gasteiger partial charge in [-0.1, -0.05) is 41.4 Å². The first-order valence-corrected chi connectivity index (χ1v) is 9.28. The topological polar surface area (TPSA) is 49.4 Å². The number of benzene rings is 2. The maximum atomic E-state index is 12.5. The van der Waals surface area contributed by atoms with Gasteiger partial charge in [0.15, 0.2) is 0 Å². The fourth-order valence-corrected chi connectivity index (χ4v) is 3.36. The Kier molecular flexibility index (Phi) is 5.84. The van der Waals surface area contributed by atoms with Gasteiger partial charge in [0, 0.05) is 35.2 Å². The molecular formula is C20H20Cl2N2O2. The van der Waals surface area contributed by atoms with Gasteiger partial charge in [-0.2, -0.15) is 0 Å². The number of nitrogens with zero attached hydrogens (tertiary/aromatic N) is 1. The van der Waals surface area contributed by atoms with Crippen molar-refractivity contribution >= 4 is 40.7 Å². The van der Waals surface area contributed by atoms with Crippen molar-refractivity contribution < 1.29 is 9.59 Å². The van der Waals surface area contributed by atoms with Gasteiger partial charge < -0.3 is 10.2 Å². The van der Waals surface area contributed by atoms with Gasteiger partial charge in [0.25, 0.3) is 0 Å². The third-order valence-corrected chi connectivity index (χ3v) is 5.36. The van der Waals surface area contributed by atoms with E-state index in [4.69, 9.17) is 23.2 Å². The molecule has 1 unspecified atom stereocenters. The van der Waals surface area contributed by atoms with Gasteiger partial charge in [0.1, 0.15) is 0 Å². The van der Waals surface area contributed by atoms with Crippen LogP contribution in [0.2, 0.25) is 10.0 Å². The summed E-state index contributed by atoms with van der Waals surface area (Å²) in [6.45, 7) is 2.90. The smallest absolute Gasteiger partial charge is 0.229 e. The molecule has 3 rings (SSSR count). The third kappa shape index (κ3) is 4.37. The van der Waals surface area contributed by atoms with E-state index in [-0.39, 0.29) is 24.2 Å². The minimum absolute atomic E-state index is 0.0157. The van der Waals surface area contributed by atoms with E-state index in [2.05, 4.69) is 5.32 Å². The normalized spacial score (nSPS) is 16.8. The number of halogens is 2. The molecule has 1 fully saturated rings. The molecule has 6 heteroatoms. The molecule has 2 aromatic carbocycles. The molecular weight excluding hydrogens is 371 g/mol. The zero-order valence-electron chi connectivity index (χ0n) is 14.5. The Hall–Kier alpha value is -2.04. The molecule has 2 amide bonds. The van der Waals surface area contributed by atoms with E-state index < -0.39 is 0 Å². The molecule has 1 N–H and O–H groups in total. The Bertz CT molecular complexity index is 821. The van der Waals surface area contributed by atoms with Crippen LogP contribution >= 0.6 is 23.2 Å². The average Bonchev–Trinajstić information content (AvgIpc) is 2.99. The van der Waals surface area contributed by atoms with E-state index in [0.29, 0.717) is 28.8 Å². The predicted octanol–water partition coefficient (Wildman–Crippen LogP) is 4.33. The maximum absolute atomic E-state index is 12.5. The number of hydrogen-bond donors (Lipinski definition) is 1. The van der Waals surface area contributed by atoms with Crippen molar-refractivity contribution in [2.75, 3.05) is 18.4 Å². The Morgan fingerprint density at radius 1 is 1.19 bits per heavy atom. The number of carbonyl (C=O) groups is 2. The largest absolute Gasteiger partial charge is 0.342 e. The van der Waals surface area contributed by atoms with E-state index in [0.717, 1.165) is 17.5 Å². The van der Waals surface area contributed by atoms with Gasteiger partial charge in [-0.15, -0.1) is 0 Å². The summed E-state index contributed by atoms with van der Waals surface area (Å²) < 4.78 is 0. The van der Waals surface area contributed by atoms with Crippen LogP contribution in [0.3, 0.4) is 0 Å². The second kappa shape index (κ2) is 8.11. The summed E-state index contributed by atoms with van der Waals surface area (Å²) in [5, 5.41) is 4.20. The standard InChI is InChI=1S/C20H20Cl2N2O2/c1-13-17(22)3-2-4-18(13)23-20(26)15-11-19(25)24(12-15)10-9-14-5-7-16(21)8-6-14/h2-8,15H,9-12H2,1H3,(H,23,26). The summed E-state index contributed by atoms with van der Waals surface area (Å²) >= 11 is 12.0. The SMILES string of the molecule is Cc1c(Cl)cccc1NC(=O)C1CC(=O)N(CCc2ccc(Cl)cc2)C1. The van der Waals surface area contributed by atoms with E-state index >= 15 is 0 Å². The average molecular weight is 391 g/mol. The van der Waals surface area contributed by atoms with E-state index in [9.17, 15) is 9.59 Å². The van der Waals surface area contributed by atoms with Crippen molar-refractivity contribution in [3.63, 3.8) is 0 Å². The summed E-state index contributed by atoms with van der Waals surface area (Å²) in [6, 6.07) is 13.0. The number of amides is 2. The number of anilines is 1. The van der Waals surface area contributed by atoms with E-state index in [1.54, 1.807) is 17.0 Å². The third-order valence-electron chi connectivity index (χ3n) is 4.69. The number of rotatable bonds is 5. The first kappa shape index (κ1) is 18.7. The van der Waals surface area contributed by atoms with Crippen LogP contribution < -0.4 is 5.32 Å². The molecule has 0 aromatic heterocycles. The second-order valence-electron chi connectivity index (χ2n) is 6.52. The lowest BCUT2D eigenvalue weighted by atomic mass is 10.1. The minimum atomic E-state index is -0.342. The second-order valence-corrected chi connectivity index (χ2v) is 7.36. The number of hydrogen-bond acceptors (Lipinski definition) is 2. The molecule has 0 saturated carbocycles. The van der Waals surface area contributed by atoms with Crippen LogP contribution in [0.4, 0.5) is 5.69 Å². The van der Waals surface area contributed by atoms with Gasteiger partial charge in [-0.05, 0) is 48.7 Å². The van der Waals surface area contributed by atoms with Gasteiger partial charge in [0.2, 0.25) is 11.8 Å². The number of nitrogens with one attached hydrogen (secondary N) is 1. The lowest BCUT2D eigenvalue weighted by molar-refractivity contribution is -0.128. The van der Waals surface area contributed by atoms with Gasteiger partial charge in [0.05, 0.1) is 5.92 Å². The summed E-state index contributed by atoms with van der Waals surface area (Å²) in [6.07, 6.45) is 0.983. The summed E-state index contributed by atoms with van der Waals surface area (Å²) in [4.78, 5) is 26.5. The van der Waals surface area contributed by atoms with Crippen molar-refractivity contribution in [1.82, 2.24) is 4.90 Å². The highest BCUT2D eigenvalue weighted by Gasteiger charge is 2.34. The van der Waals surface area contributed by atoms with Crippen molar-refractivity contribution in [1.29, 1.82) is 0 Å². The van der Waals surface area contributed by atoms with Crippen molar-refractivity contribution in [3.8, 4) is 0 Å². The van der Waals surface area contributed by atoms with Crippen LogP contribution in [-0.4, -0.2) is 29.8 Å². The van der Waals surface area contributed by atoms with Crippen molar-refractivity contribution in [2.24, 2.45) is 5.92 Å². The molecule has 26 heavy (non-hydrogen) atoms. The summed E-state index contributed by atoms with van der Waals surface area (Å²) in [5.41, 5.74) is 2.63. The highest BCUT2D eigenvalue weighted by Crippen LogP contribution is 2.25. The Labute approximate surface area is 163 Å². The molecule has 4 nitrogen and oxygen atoms in total. The van der Waals surface area contributed by atoms with E-state index in [1.165, 1.54) is 0 Å². The molecule has 0 aliphatic carbocycles. The van der Waals surface area contributed by atoms with Gasteiger partial charge >= 0.3 is 0 Å². The zero-order chi connectivity index (χ0) is 18.7. The Balaban J connectivity index is 1.57. The lowest BCUT2D eigenvalue weighted by Crippen LogP contribution is -2.30. The summed E-state index contributed by atoms with van der Waals surface area (Å²) in [7, 11) is 0.